The highest BCUT2D eigenvalue weighted by Crippen LogP contribution is 2.14. The van der Waals surface area contributed by atoms with Crippen LogP contribution in [0.1, 0.15) is 32.4 Å². The van der Waals surface area contributed by atoms with Crippen molar-refractivity contribution in [2.45, 2.75) is 44.7 Å². The molecule has 20 heavy (non-hydrogen) atoms. The number of hydrogen-bond acceptors (Lipinski definition) is 4. The molecule has 6 nitrogen and oxygen atoms in total. The van der Waals surface area contributed by atoms with Gasteiger partial charge in [-0.05, 0) is 19.4 Å². The summed E-state index contributed by atoms with van der Waals surface area (Å²) in [6.07, 6.45) is 3.67. The minimum atomic E-state index is -3.48. The first-order chi connectivity index (χ1) is 9.55. The number of ether oxygens (including phenoxy) is 1. The van der Waals surface area contributed by atoms with Crippen molar-refractivity contribution in [2.75, 3.05) is 19.8 Å². The van der Waals surface area contributed by atoms with Gasteiger partial charge in [0.15, 0.2) is 0 Å². The molecule has 1 aromatic rings. The molecule has 1 heterocycles. The molecular weight excluding hydrogens is 278 g/mol. The van der Waals surface area contributed by atoms with E-state index in [0.29, 0.717) is 26.3 Å². The number of hydrogen-bond donors (Lipinski definition) is 2. The Morgan fingerprint density at radius 2 is 2.10 bits per heavy atom. The van der Waals surface area contributed by atoms with E-state index in [9.17, 15) is 8.42 Å². The summed E-state index contributed by atoms with van der Waals surface area (Å²) >= 11 is 0. The Kier molecular flexibility index (Phi) is 7.22. The van der Waals surface area contributed by atoms with Crippen LogP contribution in [0.5, 0.6) is 0 Å². The molecule has 7 heteroatoms. The van der Waals surface area contributed by atoms with Gasteiger partial charge >= 0.3 is 0 Å². The van der Waals surface area contributed by atoms with Crippen molar-refractivity contribution < 1.29 is 13.2 Å². The summed E-state index contributed by atoms with van der Waals surface area (Å²) in [5.74, 6) is 0. The van der Waals surface area contributed by atoms with Gasteiger partial charge in [0.25, 0.3) is 0 Å². The number of nitrogens with zero attached hydrogens (tertiary/aromatic N) is 1. The summed E-state index contributed by atoms with van der Waals surface area (Å²) < 4.78 is 33.9. The van der Waals surface area contributed by atoms with Crippen molar-refractivity contribution in [1.82, 2.24) is 9.29 Å². The second kappa shape index (κ2) is 8.41. The maximum atomic E-state index is 12.1. The summed E-state index contributed by atoms with van der Waals surface area (Å²) in [6, 6.07) is 1.61. The van der Waals surface area contributed by atoms with Crippen molar-refractivity contribution >= 4 is 10.0 Å². The first-order valence-corrected chi connectivity index (χ1v) is 8.50. The first-order valence-electron chi connectivity index (χ1n) is 7.01. The van der Waals surface area contributed by atoms with Gasteiger partial charge in [0, 0.05) is 38.1 Å². The van der Waals surface area contributed by atoms with Crippen LogP contribution in [0.3, 0.4) is 0 Å². The number of nitrogens with two attached hydrogens (primary N) is 1. The third-order valence-electron chi connectivity index (χ3n) is 3.00. The fourth-order valence-corrected chi connectivity index (χ4v) is 2.89. The van der Waals surface area contributed by atoms with Gasteiger partial charge in [-0.3, -0.25) is 0 Å². The van der Waals surface area contributed by atoms with Gasteiger partial charge < -0.3 is 15.0 Å². The normalized spacial score (nSPS) is 11.9. The Bertz CT molecular complexity index is 475. The van der Waals surface area contributed by atoms with E-state index in [1.165, 1.54) is 0 Å². The van der Waals surface area contributed by atoms with Gasteiger partial charge in [-0.25, -0.2) is 13.1 Å². The van der Waals surface area contributed by atoms with Crippen LogP contribution in [0.4, 0.5) is 0 Å². The Morgan fingerprint density at radius 1 is 1.35 bits per heavy atom. The molecule has 0 aliphatic rings. The zero-order valence-electron chi connectivity index (χ0n) is 12.3. The van der Waals surface area contributed by atoms with Crippen LogP contribution in [0.15, 0.2) is 17.2 Å². The van der Waals surface area contributed by atoms with E-state index in [1.807, 2.05) is 11.5 Å². The average Bonchev–Trinajstić information content (AvgIpc) is 2.86. The summed E-state index contributed by atoms with van der Waals surface area (Å²) in [4.78, 5) is 0.258. The highest BCUT2D eigenvalue weighted by molar-refractivity contribution is 7.89. The average molecular weight is 303 g/mol. The van der Waals surface area contributed by atoms with Crippen LogP contribution < -0.4 is 10.5 Å². The van der Waals surface area contributed by atoms with Crippen molar-refractivity contribution in [2.24, 2.45) is 5.73 Å². The van der Waals surface area contributed by atoms with E-state index < -0.39 is 10.0 Å². The number of aryl methyl sites for hydroxylation is 1. The molecule has 1 aromatic heterocycles. The lowest BCUT2D eigenvalue weighted by atomic mass is 10.4. The third kappa shape index (κ3) is 4.90. The van der Waals surface area contributed by atoms with Gasteiger partial charge in [-0.2, -0.15) is 0 Å². The summed E-state index contributed by atoms with van der Waals surface area (Å²) in [6.45, 7) is 6.39. The number of nitrogens with one attached hydrogen (secondary N) is 1. The summed E-state index contributed by atoms with van der Waals surface area (Å²) in [5.41, 5.74) is 6.41. The lowest BCUT2D eigenvalue weighted by Crippen LogP contribution is -2.27. The molecule has 0 aliphatic carbocycles. The maximum Gasteiger partial charge on any atom is 0.242 e. The van der Waals surface area contributed by atoms with E-state index >= 15 is 0 Å². The summed E-state index contributed by atoms with van der Waals surface area (Å²) in [5, 5.41) is 0. The number of unbranched alkanes of at least 4 members (excludes halogenated alkanes) is 1. The lowest BCUT2D eigenvalue weighted by molar-refractivity contribution is 0.136. The SMILES string of the molecule is CCCCOCCNS(=O)(=O)c1cc(CN)n(CC)c1. The third-order valence-corrected chi connectivity index (χ3v) is 4.43. The predicted octanol–water partition coefficient (Wildman–Crippen LogP) is 1.06. The topological polar surface area (TPSA) is 86.3 Å². The highest BCUT2D eigenvalue weighted by Gasteiger charge is 2.17. The Morgan fingerprint density at radius 3 is 2.65 bits per heavy atom. The smallest absolute Gasteiger partial charge is 0.242 e. The van der Waals surface area contributed by atoms with Crippen molar-refractivity contribution in [1.29, 1.82) is 0 Å². The van der Waals surface area contributed by atoms with Crippen molar-refractivity contribution in [3.05, 3.63) is 18.0 Å². The molecule has 0 unspecified atom stereocenters. The molecule has 3 N–H and O–H groups in total. The molecular formula is C13H25N3O3S. The van der Waals surface area contributed by atoms with Crippen LogP contribution >= 0.6 is 0 Å². The van der Waals surface area contributed by atoms with Gasteiger partial charge in [-0.1, -0.05) is 13.3 Å². The van der Waals surface area contributed by atoms with Gasteiger partial charge in [0.1, 0.15) is 0 Å². The second-order valence-electron chi connectivity index (χ2n) is 4.52. The van der Waals surface area contributed by atoms with E-state index in [2.05, 4.69) is 11.6 Å². The Balaban J connectivity index is 2.54. The van der Waals surface area contributed by atoms with Crippen LogP contribution in [0, 0.1) is 0 Å². The number of sulfonamides is 1. The minimum Gasteiger partial charge on any atom is -0.380 e. The number of rotatable bonds is 10. The molecule has 0 amide bonds. The molecule has 0 fully saturated rings. The molecule has 0 atom stereocenters. The molecule has 0 spiro atoms. The van der Waals surface area contributed by atoms with E-state index in [0.717, 1.165) is 18.5 Å². The standard InChI is InChI=1S/C13H25N3O3S/c1-3-5-7-19-8-6-15-20(17,18)13-9-12(10-14)16(4-2)11-13/h9,11,15H,3-8,10,14H2,1-2H3. The minimum absolute atomic E-state index is 0.258. The molecule has 0 aliphatic heterocycles. The van der Waals surface area contributed by atoms with E-state index in [1.54, 1.807) is 12.3 Å². The fourth-order valence-electron chi connectivity index (χ4n) is 1.82. The lowest BCUT2D eigenvalue weighted by Gasteiger charge is -2.05. The predicted molar refractivity (Wildman–Crippen MR) is 78.9 cm³/mol. The van der Waals surface area contributed by atoms with Crippen LogP contribution in [-0.4, -0.2) is 32.7 Å². The monoisotopic (exact) mass is 303 g/mol. The molecule has 116 valence electrons. The Labute approximate surface area is 121 Å². The maximum absolute atomic E-state index is 12.1. The molecule has 0 bridgehead atoms. The van der Waals surface area contributed by atoms with Crippen LogP contribution in [-0.2, 0) is 27.8 Å². The quantitative estimate of drug-likeness (QED) is 0.633. The fraction of sp³-hybridized carbons (Fsp3) is 0.692. The molecule has 0 aromatic carbocycles. The second-order valence-corrected chi connectivity index (χ2v) is 6.29. The highest BCUT2D eigenvalue weighted by atomic mass is 32.2. The van der Waals surface area contributed by atoms with Crippen LogP contribution in [0.25, 0.3) is 0 Å². The molecule has 0 saturated heterocycles. The largest absolute Gasteiger partial charge is 0.380 e. The van der Waals surface area contributed by atoms with Gasteiger partial charge in [0.05, 0.1) is 11.5 Å². The zero-order valence-corrected chi connectivity index (χ0v) is 13.1. The molecule has 1 rings (SSSR count). The van der Waals surface area contributed by atoms with Gasteiger partial charge in [-0.15, -0.1) is 0 Å². The number of aromatic nitrogens is 1. The van der Waals surface area contributed by atoms with Crippen molar-refractivity contribution in [3.8, 4) is 0 Å². The van der Waals surface area contributed by atoms with E-state index in [4.69, 9.17) is 10.5 Å². The summed E-state index contributed by atoms with van der Waals surface area (Å²) in [7, 11) is -3.48. The van der Waals surface area contributed by atoms with Gasteiger partial charge in [0.2, 0.25) is 10.0 Å². The molecule has 0 saturated carbocycles. The zero-order chi connectivity index (χ0) is 15.0. The Hall–Kier alpha value is -0.890. The van der Waals surface area contributed by atoms with Crippen LogP contribution in [0.2, 0.25) is 0 Å². The van der Waals surface area contributed by atoms with E-state index in [-0.39, 0.29) is 11.4 Å². The molecule has 0 radical (unpaired) electrons. The first kappa shape index (κ1) is 17.2. The van der Waals surface area contributed by atoms with Crippen molar-refractivity contribution in [3.63, 3.8) is 0 Å².